The molecule has 0 saturated carbocycles. The summed E-state index contributed by atoms with van der Waals surface area (Å²) in [6, 6.07) is 3.57. The Morgan fingerprint density at radius 3 is 2.44 bits per heavy atom. The highest BCUT2D eigenvalue weighted by atomic mass is 32.2. The summed E-state index contributed by atoms with van der Waals surface area (Å²) in [4.78, 5) is 0.445. The molecule has 1 aromatic carbocycles. The maximum absolute atomic E-state index is 13.3. The number of halogens is 2. The first-order valence-electron chi connectivity index (χ1n) is 5.14. The van der Waals surface area contributed by atoms with Crippen molar-refractivity contribution in [3.8, 4) is 0 Å². The fourth-order valence-corrected chi connectivity index (χ4v) is 2.24. The molecule has 0 aliphatic heterocycles. The first kappa shape index (κ1) is 13.5. The van der Waals surface area contributed by atoms with Gasteiger partial charge in [-0.15, -0.1) is 11.8 Å². The third kappa shape index (κ3) is 3.76. The topological polar surface area (TPSA) is 26.0 Å². The molecule has 0 spiro atoms. The summed E-state index contributed by atoms with van der Waals surface area (Å²) < 4.78 is 26.0. The summed E-state index contributed by atoms with van der Waals surface area (Å²) in [7, 11) is 0. The zero-order chi connectivity index (χ0) is 12.3. The van der Waals surface area contributed by atoms with E-state index in [1.165, 1.54) is 23.9 Å². The largest absolute Gasteiger partial charge is 0.326 e. The van der Waals surface area contributed by atoms with Crippen molar-refractivity contribution in [1.82, 2.24) is 0 Å². The average Bonchev–Trinajstić information content (AvgIpc) is 2.14. The van der Waals surface area contributed by atoms with E-state index in [1.807, 2.05) is 20.8 Å². The molecule has 1 nitrogen and oxygen atoms in total. The molecule has 2 N–H and O–H groups in total. The van der Waals surface area contributed by atoms with Gasteiger partial charge in [0.25, 0.3) is 0 Å². The molecule has 1 rings (SSSR count). The van der Waals surface area contributed by atoms with E-state index < -0.39 is 11.6 Å². The van der Waals surface area contributed by atoms with Gasteiger partial charge in [0, 0.05) is 22.8 Å². The van der Waals surface area contributed by atoms with E-state index in [-0.39, 0.29) is 11.5 Å². The molecule has 16 heavy (non-hydrogen) atoms. The highest BCUT2D eigenvalue weighted by Crippen LogP contribution is 2.27. The molecule has 0 saturated heterocycles. The van der Waals surface area contributed by atoms with Gasteiger partial charge in [-0.25, -0.2) is 8.78 Å². The summed E-state index contributed by atoms with van der Waals surface area (Å²) >= 11 is 1.32. The van der Waals surface area contributed by atoms with Crippen LogP contribution in [-0.2, 0) is 0 Å². The molecule has 90 valence electrons. The SMILES string of the molecule is CC(C)(C)C(N)CSc1ccc(F)cc1F. The van der Waals surface area contributed by atoms with Crippen molar-refractivity contribution in [3.63, 3.8) is 0 Å². The number of hydrogen-bond acceptors (Lipinski definition) is 2. The van der Waals surface area contributed by atoms with Gasteiger partial charge in [-0.3, -0.25) is 0 Å². The molecule has 0 amide bonds. The maximum atomic E-state index is 13.3. The van der Waals surface area contributed by atoms with E-state index in [0.29, 0.717) is 10.6 Å². The molecule has 1 atom stereocenters. The van der Waals surface area contributed by atoms with Crippen LogP contribution in [0.4, 0.5) is 8.78 Å². The zero-order valence-corrected chi connectivity index (χ0v) is 10.6. The minimum absolute atomic E-state index is 0.0104. The molecule has 0 aliphatic carbocycles. The third-order valence-electron chi connectivity index (χ3n) is 2.42. The first-order chi connectivity index (χ1) is 7.30. The Morgan fingerprint density at radius 2 is 1.94 bits per heavy atom. The lowest BCUT2D eigenvalue weighted by molar-refractivity contribution is 0.344. The van der Waals surface area contributed by atoms with Gasteiger partial charge in [-0.2, -0.15) is 0 Å². The highest BCUT2D eigenvalue weighted by Gasteiger charge is 2.20. The van der Waals surface area contributed by atoms with E-state index in [9.17, 15) is 8.78 Å². The Bertz CT molecular complexity index is 361. The summed E-state index contributed by atoms with van der Waals surface area (Å²) in [6.45, 7) is 6.12. The number of rotatable bonds is 3. The minimum atomic E-state index is -0.554. The predicted molar refractivity (Wildman–Crippen MR) is 64.5 cm³/mol. The molecular formula is C12H17F2NS. The van der Waals surface area contributed by atoms with Crippen LogP contribution in [0.2, 0.25) is 0 Å². The van der Waals surface area contributed by atoms with Crippen molar-refractivity contribution in [3.05, 3.63) is 29.8 Å². The van der Waals surface area contributed by atoms with E-state index in [2.05, 4.69) is 0 Å². The molecule has 4 heteroatoms. The van der Waals surface area contributed by atoms with Crippen LogP contribution in [0, 0.1) is 17.0 Å². The summed E-state index contributed by atoms with van der Waals surface area (Å²) in [5.74, 6) is -0.459. The van der Waals surface area contributed by atoms with Gasteiger partial charge < -0.3 is 5.73 Å². The molecule has 0 bridgehead atoms. The van der Waals surface area contributed by atoms with Crippen molar-refractivity contribution >= 4 is 11.8 Å². The molecule has 1 aromatic rings. The normalized spacial score (nSPS) is 13.9. The number of nitrogens with two attached hydrogens (primary N) is 1. The fraction of sp³-hybridized carbons (Fsp3) is 0.500. The molecule has 0 fully saturated rings. The van der Waals surface area contributed by atoms with Crippen LogP contribution < -0.4 is 5.73 Å². The lowest BCUT2D eigenvalue weighted by atomic mass is 9.89. The second kappa shape index (κ2) is 5.15. The van der Waals surface area contributed by atoms with Gasteiger partial charge in [0.05, 0.1) is 0 Å². The van der Waals surface area contributed by atoms with Crippen LogP contribution >= 0.6 is 11.8 Å². The minimum Gasteiger partial charge on any atom is -0.326 e. The van der Waals surface area contributed by atoms with Crippen molar-refractivity contribution in [2.45, 2.75) is 31.7 Å². The Morgan fingerprint density at radius 1 is 1.31 bits per heavy atom. The van der Waals surface area contributed by atoms with Gasteiger partial charge in [-0.1, -0.05) is 20.8 Å². The van der Waals surface area contributed by atoms with Gasteiger partial charge >= 0.3 is 0 Å². The third-order valence-corrected chi connectivity index (χ3v) is 3.59. The van der Waals surface area contributed by atoms with E-state index in [4.69, 9.17) is 5.73 Å². The average molecular weight is 245 g/mol. The Kier molecular flexibility index (Phi) is 4.33. The van der Waals surface area contributed by atoms with Crippen molar-refractivity contribution < 1.29 is 8.78 Å². The molecule has 0 heterocycles. The van der Waals surface area contributed by atoms with E-state index in [1.54, 1.807) is 0 Å². The van der Waals surface area contributed by atoms with Gasteiger partial charge in [0.15, 0.2) is 0 Å². The predicted octanol–water partition coefficient (Wildman–Crippen LogP) is 3.43. The lowest BCUT2D eigenvalue weighted by Crippen LogP contribution is -2.37. The Balaban J connectivity index is 2.62. The van der Waals surface area contributed by atoms with Crippen LogP contribution in [0.3, 0.4) is 0 Å². The van der Waals surface area contributed by atoms with Crippen LogP contribution in [0.15, 0.2) is 23.1 Å². The highest BCUT2D eigenvalue weighted by molar-refractivity contribution is 7.99. The van der Waals surface area contributed by atoms with Gasteiger partial charge in [0.1, 0.15) is 11.6 Å². The van der Waals surface area contributed by atoms with Crippen molar-refractivity contribution in [2.24, 2.45) is 11.1 Å². The van der Waals surface area contributed by atoms with Crippen molar-refractivity contribution in [1.29, 1.82) is 0 Å². The monoisotopic (exact) mass is 245 g/mol. The van der Waals surface area contributed by atoms with Gasteiger partial charge in [-0.05, 0) is 17.5 Å². The maximum Gasteiger partial charge on any atom is 0.139 e. The van der Waals surface area contributed by atoms with Crippen LogP contribution in [0.5, 0.6) is 0 Å². The van der Waals surface area contributed by atoms with Crippen LogP contribution in [0.1, 0.15) is 20.8 Å². The molecule has 1 unspecified atom stereocenters. The quantitative estimate of drug-likeness (QED) is 0.826. The standard InChI is InChI=1S/C12H17F2NS/c1-12(2,3)11(15)7-16-10-5-4-8(13)6-9(10)14/h4-6,11H,7,15H2,1-3H3. The number of thioether (sulfide) groups is 1. The van der Waals surface area contributed by atoms with Crippen LogP contribution in [0.25, 0.3) is 0 Å². The van der Waals surface area contributed by atoms with Crippen molar-refractivity contribution in [2.75, 3.05) is 5.75 Å². The Labute approximate surface area is 99.4 Å². The number of benzene rings is 1. The van der Waals surface area contributed by atoms with Gasteiger partial charge in [0.2, 0.25) is 0 Å². The summed E-state index contributed by atoms with van der Waals surface area (Å²) in [6.07, 6.45) is 0. The molecule has 0 aromatic heterocycles. The Hall–Kier alpha value is -0.610. The van der Waals surface area contributed by atoms with Crippen LogP contribution in [-0.4, -0.2) is 11.8 Å². The zero-order valence-electron chi connectivity index (χ0n) is 9.76. The second-order valence-corrected chi connectivity index (χ2v) is 5.92. The smallest absolute Gasteiger partial charge is 0.139 e. The first-order valence-corrected chi connectivity index (χ1v) is 6.12. The number of hydrogen-bond donors (Lipinski definition) is 1. The fourth-order valence-electron chi connectivity index (χ4n) is 1.02. The molecule has 0 radical (unpaired) electrons. The molecular weight excluding hydrogens is 228 g/mol. The lowest BCUT2D eigenvalue weighted by Gasteiger charge is -2.26. The molecule has 0 aliphatic rings. The second-order valence-electron chi connectivity index (χ2n) is 4.86. The summed E-state index contributed by atoms with van der Waals surface area (Å²) in [5, 5.41) is 0. The van der Waals surface area contributed by atoms with E-state index in [0.717, 1.165) is 6.07 Å². The summed E-state index contributed by atoms with van der Waals surface area (Å²) in [5.41, 5.74) is 5.95. The van der Waals surface area contributed by atoms with E-state index >= 15 is 0 Å².